The van der Waals surface area contributed by atoms with Gasteiger partial charge in [-0.2, -0.15) is 0 Å². The molecule has 1 atom stereocenters. The highest BCUT2D eigenvalue weighted by Gasteiger charge is 2.04. The van der Waals surface area contributed by atoms with Crippen molar-refractivity contribution in [2.45, 2.75) is 20.3 Å². The number of hydrogen-bond acceptors (Lipinski definition) is 3. The number of rotatable bonds is 8. The molecule has 0 radical (unpaired) electrons. The number of hydrogen-bond donors (Lipinski definition) is 1. The van der Waals surface area contributed by atoms with Crippen LogP contribution in [0.25, 0.3) is 0 Å². The van der Waals surface area contributed by atoms with Gasteiger partial charge in [0.2, 0.25) is 0 Å². The first kappa shape index (κ1) is 15.7. The second kappa shape index (κ2) is 7.94. The van der Waals surface area contributed by atoms with Gasteiger partial charge >= 0.3 is 5.97 Å². The van der Waals surface area contributed by atoms with Gasteiger partial charge in [0, 0.05) is 16.6 Å². The predicted octanol–water partition coefficient (Wildman–Crippen LogP) is 2.56. The van der Waals surface area contributed by atoms with Crippen LogP contribution < -0.4 is 4.74 Å². The summed E-state index contributed by atoms with van der Waals surface area (Å²) in [6, 6.07) is 6.21. The predicted molar refractivity (Wildman–Crippen MR) is 76.2 cm³/mol. The van der Waals surface area contributed by atoms with Gasteiger partial charge in [0.15, 0.2) is 0 Å². The summed E-state index contributed by atoms with van der Waals surface area (Å²) >= 11 is 0. The van der Waals surface area contributed by atoms with Gasteiger partial charge in [0.25, 0.3) is 0 Å². The summed E-state index contributed by atoms with van der Waals surface area (Å²) in [4.78, 5) is 10.7. The van der Waals surface area contributed by atoms with E-state index in [-0.39, 0.29) is 5.56 Å². The largest absolute Gasteiger partial charge is 0.493 e. The van der Waals surface area contributed by atoms with E-state index in [4.69, 9.17) is 9.84 Å². The Kier molecular flexibility index (Phi) is 6.56. The fraction of sp³-hybridized carbons (Fsp3) is 0.500. The van der Waals surface area contributed by atoms with Crippen LogP contribution in [-0.4, -0.2) is 33.4 Å². The first-order valence-electron chi connectivity index (χ1n) is 6.30. The topological polar surface area (TPSA) is 63.6 Å². The van der Waals surface area contributed by atoms with Crippen molar-refractivity contribution in [3.63, 3.8) is 0 Å². The molecule has 19 heavy (non-hydrogen) atoms. The van der Waals surface area contributed by atoms with Crippen LogP contribution in [0.1, 0.15) is 30.6 Å². The molecule has 1 N–H and O–H groups in total. The van der Waals surface area contributed by atoms with Gasteiger partial charge in [0.1, 0.15) is 5.75 Å². The summed E-state index contributed by atoms with van der Waals surface area (Å²) in [6.45, 7) is 4.60. The molecule has 0 aliphatic carbocycles. The second-order valence-corrected chi connectivity index (χ2v) is 6.40. The summed E-state index contributed by atoms with van der Waals surface area (Å²) in [6.07, 6.45) is 0.958. The molecule has 106 valence electrons. The highest BCUT2D eigenvalue weighted by molar-refractivity contribution is 7.84. The lowest BCUT2D eigenvalue weighted by atomic mass is 10.2. The van der Waals surface area contributed by atoms with Crippen LogP contribution in [0.4, 0.5) is 0 Å². The van der Waals surface area contributed by atoms with Crippen molar-refractivity contribution in [3.05, 3.63) is 29.8 Å². The standard InChI is InChI=1S/C14H20O4S/c1-11(2)7-9-19(17)10-8-18-13-5-3-12(4-6-13)14(15)16/h3-6,11H,7-10H2,1-2H3,(H,15,16). The molecule has 4 nitrogen and oxygen atoms in total. The van der Waals surface area contributed by atoms with Crippen molar-refractivity contribution in [2.75, 3.05) is 18.1 Å². The zero-order valence-electron chi connectivity index (χ0n) is 11.3. The third kappa shape index (κ3) is 6.38. The Morgan fingerprint density at radius 2 is 1.89 bits per heavy atom. The fourth-order valence-electron chi connectivity index (χ4n) is 1.42. The average Bonchev–Trinajstić information content (AvgIpc) is 2.37. The number of carboxylic acid groups (broad SMARTS) is 1. The number of carbonyl (C=O) groups is 1. The second-order valence-electron chi connectivity index (χ2n) is 4.71. The van der Waals surface area contributed by atoms with Crippen LogP contribution in [0.5, 0.6) is 5.75 Å². The first-order chi connectivity index (χ1) is 8.99. The molecule has 1 unspecified atom stereocenters. The van der Waals surface area contributed by atoms with E-state index in [1.807, 2.05) is 0 Å². The number of ether oxygens (including phenoxy) is 1. The van der Waals surface area contributed by atoms with Crippen LogP contribution in [0.15, 0.2) is 24.3 Å². The van der Waals surface area contributed by atoms with Crippen LogP contribution >= 0.6 is 0 Å². The maximum atomic E-state index is 11.6. The van der Waals surface area contributed by atoms with Gasteiger partial charge in [0.05, 0.1) is 17.9 Å². The SMILES string of the molecule is CC(C)CCS(=O)CCOc1ccc(C(=O)O)cc1. The molecular weight excluding hydrogens is 264 g/mol. The first-order valence-corrected chi connectivity index (χ1v) is 7.79. The number of carboxylic acids is 1. The molecule has 0 aliphatic heterocycles. The normalized spacial score (nSPS) is 12.4. The minimum atomic E-state index is -0.957. The summed E-state index contributed by atoms with van der Waals surface area (Å²) in [5.74, 6) is 1.42. The van der Waals surface area contributed by atoms with E-state index >= 15 is 0 Å². The number of benzene rings is 1. The van der Waals surface area contributed by atoms with Crippen molar-refractivity contribution in [1.82, 2.24) is 0 Å². The molecule has 1 aromatic carbocycles. The lowest BCUT2D eigenvalue weighted by Gasteiger charge is -2.07. The van der Waals surface area contributed by atoms with E-state index in [9.17, 15) is 9.00 Å². The zero-order valence-corrected chi connectivity index (χ0v) is 12.1. The Labute approximate surface area is 116 Å². The lowest BCUT2D eigenvalue weighted by Crippen LogP contribution is -2.12. The molecule has 0 saturated heterocycles. The van der Waals surface area contributed by atoms with E-state index in [0.717, 1.165) is 6.42 Å². The molecule has 1 rings (SSSR count). The van der Waals surface area contributed by atoms with Gasteiger partial charge in [-0.05, 0) is 36.6 Å². The molecule has 0 spiro atoms. The monoisotopic (exact) mass is 284 g/mol. The molecule has 0 heterocycles. The molecule has 0 aromatic heterocycles. The van der Waals surface area contributed by atoms with Gasteiger partial charge in [-0.3, -0.25) is 4.21 Å². The van der Waals surface area contributed by atoms with Crippen molar-refractivity contribution in [2.24, 2.45) is 5.92 Å². The lowest BCUT2D eigenvalue weighted by molar-refractivity contribution is 0.0697. The quantitative estimate of drug-likeness (QED) is 0.797. The highest BCUT2D eigenvalue weighted by Crippen LogP contribution is 2.12. The average molecular weight is 284 g/mol. The smallest absolute Gasteiger partial charge is 0.335 e. The van der Waals surface area contributed by atoms with Gasteiger partial charge in [-0.1, -0.05) is 13.8 Å². The summed E-state index contributed by atoms with van der Waals surface area (Å²) in [5.41, 5.74) is 0.229. The summed E-state index contributed by atoms with van der Waals surface area (Å²) in [5, 5.41) is 8.75. The van der Waals surface area contributed by atoms with E-state index in [1.54, 1.807) is 12.1 Å². The molecule has 5 heteroatoms. The van der Waals surface area contributed by atoms with Crippen molar-refractivity contribution in [3.8, 4) is 5.75 Å². The maximum absolute atomic E-state index is 11.6. The minimum absolute atomic E-state index is 0.229. The maximum Gasteiger partial charge on any atom is 0.335 e. The molecule has 0 aliphatic rings. The third-order valence-electron chi connectivity index (χ3n) is 2.60. The van der Waals surface area contributed by atoms with Crippen molar-refractivity contribution < 1.29 is 18.8 Å². The molecule has 0 fully saturated rings. The highest BCUT2D eigenvalue weighted by atomic mass is 32.2. The third-order valence-corrected chi connectivity index (χ3v) is 3.92. The van der Waals surface area contributed by atoms with E-state index in [1.165, 1.54) is 12.1 Å². The van der Waals surface area contributed by atoms with Crippen LogP contribution in [0.3, 0.4) is 0 Å². The van der Waals surface area contributed by atoms with Crippen LogP contribution in [0, 0.1) is 5.92 Å². The molecule has 0 bridgehead atoms. The van der Waals surface area contributed by atoms with E-state index < -0.39 is 16.8 Å². The molecule has 0 saturated carbocycles. The van der Waals surface area contributed by atoms with E-state index in [2.05, 4.69) is 13.8 Å². The summed E-state index contributed by atoms with van der Waals surface area (Å²) in [7, 11) is -0.845. The fourth-order valence-corrected chi connectivity index (χ4v) is 2.62. The van der Waals surface area contributed by atoms with Crippen LogP contribution in [-0.2, 0) is 10.8 Å². The van der Waals surface area contributed by atoms with Gasteiger partial charge < -0.3 is 9.84 Å². The van der Waals surface area contributed by atoms with Crippen LogP contribution in [0.2, 0.25) is 0 Å². The Balaban J connectivity index is 2.29. The van der Waals surface area contributed by atoms with Gasteiger partial charge in [-0.25, -0.2) is 4.79 Å². The van der Waals surface area contributed by atoms with Crippen molar-refractivity contribution >= 4 is 16.8 Å². The summed E-state index contributed by atoms with van der Waals surface area (Å²) < 4.78 is 17.1. The zero-order chi connectivity index (χ0) is 14.3. The minimum Gasteiger partial charge on any atom is -0.493 e. The Morgan fingerprint density at radius 1 is 1.26 bits per heavy atom. The Bertz CT molecular complexity index is 426. The van der Waals surface area contributed by atoms with E-state index in [0.29, 0.717) is 29.8 Å². The number of aromatic carboxylic acids is 1. The Morgan fingerprint density at radius 3 is 2.42 bits per heavy atom. The molecule has 0 amide bonds. The van der Waals surface area contributed by atoms with Crippen molar-refractivity contribution in [1.29, 1.82) is 0 Å². The molecule has 1 aromatic rings. The Hall–Kier alpha value is -1.36. The van der Waals surface area contributed by atoms with Gasteiger partial charge in [-0.15, -0.1) is 0 Å². The molecular formula is C14H20O4S.